The lowest BCUT2D eigenvalue weighted by molar-refractivity contribution is -0.387. The van der Waals surface area contributed by atoms with Crippen LogP contribution in [-0.4, -0.2) is 44.2 Å². The summed E-state index contributed by atoms with van der Waals surface area (Å²) in [5.41, 5.74) is -0.251. The monoisotopic (exact) mass is 447 g/mol. The third-order valence-electron chi connectivity index (χ3n) is 5.65. The molecule has 2 aromatic rings. The molecule has 0 bridgehead atoms. The molecule has 0 unspecified atom stereocenters. The van der Waals surface area contributed by atoms with Crippen molar-refractivity contribution in [3.05, 3.63) is 40.2 Å². The van der Waals surface area contributed by atoms with Gasteiger partial charge in [-0.15, -0.1) is 10.2 Å². The summed E-state index contributed by atoms with van der Waals surface area (Å²) < 4.78 is 6.71. The van der Waals surface area contributed by atoms with Gasteiger partial charge < -0.3 is 14.6 Å². The Labute approximate surface area is 183 Å². The average molecular weight is 448 g/mol. The van der Waals surface area contributed by atoms with Crippen LogP contribution in [0.25, 0.3) is 0 Å². The minimum Gasteiger partial charge on any atom is -0.452 e. The number of carbonyl (C=O) groups excluding carboxylic acids is 2. The predicted octanol–water partition coefficient (Wildman–Crippen LogP) is 2.97. The molecule has 1 N–H and O–H groups in total. The van der Waals surface area contributed by atoms with Crippen molar-refractivity contribution in [3.8, 4) is 0 Å². The van der Waals surface area contributed by atoms with Gasteiger partial charge in [0.15, 0.2) is 11.8 Å². The number of rotatable bonds is 7. The van der Waals surface area contributed by atoms with E-state index in [0.717, 1.165) is 37.1 Å². The zero-order valence-electron chi connectivity index (χ0n) is 17.6. The lowest BCUT2D eigenvalue weighted by Gasteiger charge is -2.34. The number of aryl methyl sites for hydroxylation is 1. The second-order valence-electron chi connectivity index (χ2n) is 7.78. The molecule has 1 aromatic heterocycles. The van der Waals surface area contributed by atoms with E-state index in [-0.39, 0.29) is 23.2 Å². The van der Waals surface area contributed by atoms with Crippen LogP contribution in [0, 0.1) is 22.0 Å². The molecular formula is C20H25N5O5S. The summed E-state index contributed by atoms with van der Waals surface area (Å²) in [5.74, 6) is -0.281. The number of hydrogen-bond acceptors (Lipinski definition) is 8. The number of carbonyl (C=O) groups is 2. The number of aromatic nitrogens is 3. The first-order chi connectivity index (χ1) is 14.8. The Balaban J connectivity index is 1.62. The van der Waals surface area contributed by atoms with Crippen LogP contribution in [0.5, 0.6) is 0 Å². The van der Waals surface area contributed by atoms with Gasteiger partial charge in [-0.25, -0.2) is 4.79 Å². The van der Waals surface area contributed by atoms with Gasteiger partial charge in [-0.1, -0.05) is 26.7 Å². The van der Waals surface area contributed by atoms with Gasteiger partial charge in [0, 0.05) is 19.2 Å². The topological polar surface area (TPSA) is 129 Å². The van der Waals surface area contributed by atoms with E-state index in [1.54, 1.807) is 11.6 Å². The molecule has 3 atom stereocenters. The molecule has 166 valence electrons. The van der Waals surface area contributed by atoms with E-state index in [9.17, 15) is 19.7 Å². The van der Waals surface area contributed by atoms with Crippen LogP contribution in [0.1, 0.15) is 43.5 Å². The van der Waals surface area contributed by atoms with Crippen molar-refractivity contribution >= 4 is 29.3 Å². The molecule has 0 aliphatic heterocycles. The van der Waals surface area contributed by atoms with E-state index in [0.29, 0.717) is 21.9 Å². The highest BCUT2D eigenvalue weighted by molar-refractivity contribution is 7.99. The van der Waals surface area contributed by atoms with Gasteiger partial charge in [-0.3, -0.25) is 14.9 Å². The maximum absolute atomic E-state index is 12.4. The smallest absolute Gasteiger partial charge is 0.338 e. The van der Waals surface area contributed by atoms with E-state index in [4.69, 9.17) is 4.74 Å². The summed E-state index contributed by atoms with van der Waals surface area (Å²) in [4.78, 5) is 35.8. The summed E-state index contributed by atoms with van der Waals surface area (Å²) >= 11 is 1.07. The zero-order chi connectivity index (χ0) is 22.5. The molecule has 1 saturated carbocycles. The van der Waals surface area contributed by atoms with Gasteiger partial charge in [0.1, 0.15) is 6.33 Å². The van der Waals surface area contributed by atoms with Crippen LogP contribution in [0.4, 0.5) is 5.69 Å². The van der Waals surface area contributed by atoms with Crippen LogP contribution in [0.2, 0.25) is 0 Å². The molecule has 0 radical (unpaired) electrons. The molecule has 1 aliphatic rings. The third kappa shape index (κ3) is 5.60. The third-order valence-corrected chi connectivity index (χ3v) is 6.77. The molecule has 10 nitrogen and oxygen atoms in total. The number of nitro benzene ring substituents is 1. The molecule has 1 heterocycles. The number of nitrogens with zero attached hydrogens (tertiary/aromatic N) is 4. The fraction of sp³-hybridized carbons (Fsp3) is 0.500. The molecule has 3 rings (SSSR count). The Hall–Kier alpha value is -2.95. The van der Waals surface area contributed by atoms with E-state index in [1.807, 2.05) is 0 Å². The summed E-state index contributed by atoms with van der Waals surface area (Å²) in [6.07, 6.45) is 4.59. The SMILES string of the molecule is C[C@@H]1[C@H](C)CCC[C@H]1NC(=O)COC(=O)c1ccc(Sc2nncn2C)c([N+](=O)[O-])c1. The fourth-order valence-electron chi connectivity index (χ4n) is 3.59. The summed E-state index contributed by atoms with van der Waals surface area (Å²) in [6, 6.07) is 4.09. The minimum atomic E-state index is -0.793. The van der Waals surface area contributed by atoms with Gasteiger partial charge >= 0.3 is 5.97 Å². The van der Waals surface area contributed by atoms with Gasteiger partial charge in [0.05, 0.1) is 15.4 Å². The summed E-state index contributed by atoms with van der Waals surface area (Å²) in [7, 11) is 1.72. The molecule has 11 heteroatoms. The van der Waals surface area contributed by atoms with Gasteiger partial charge in [-0.2, -0.15) is 0 Å². The first kappa shape index (κ1) is 22.7. The highest BCUT2D eigenvalue weighted by atomic mass is 32.2. The molecule has 1 aromatic carbocycles. The van der Waals surface area contributed by atoms with Crippen LogP contribution in [-0.2, 0) is 16.6 Å². The number of benzene rings is 1. The number of esters is 1. The number of nitro groups is 1. The largest absolute Gasteiger partial charge is 0.452 e. The van der Waals surface area contributed by atoms with Crippen molar-refractivity contribution in [2.45, 2.75) is 49.2 Å². The Kier molecular flexibility index (Phi) is 7.26. The molecule has 0 spiro atoms. The lowest BCUT2D eigenvalue weighted by Crippen LogP contribution is -2.45. The maximum Gasteiger partial charge on any atom is 0.338 e. The van der Waals surface area contributed by atoms with Crippen molar-refractivity contribution in [1.82, 2.24) is 20.1 Å². The van der Waals surface area contributed by atoms with E-state index in [1.165, 1.54) is 18.5 Å². The summed E-state index contributed by atoms with van der Waals surface area (Å²) in [6.45, 7) is 3.85. The van der Waals surface area contributed by atoms with Crippen molar-refractivity contribution in [2.75, 3.05) is 6.61 Å². The molecule has 1 amide bonds. The standard InChI is InChI=1S/C20H25N5O5S/c1-12-5-4-6-15(13(12)2)22-18(26)10-30-19(27)14-7-8-17(16(9-14)25(28)29)31-20-23-21-11-24(20)3/h7-9,11-13,15H,4-6,10H2,1-3H3,(H,22,26)/t12-,13-,15-/m1/s1. The minimum absolute atomic E-state index is 0.00136. The van der Waals surface area contributed by atoms with Crippen LogP contribution >= 0.6 is 11.8 Å². The Bertz CT molecular complexity index is 979. The highest BCUT2D eigenvalue weighted by Crippen LogP contribution is 2.34. The molecule has 0 saturated heterocycles. The van der Waals surface area contributed by atoms with Crippen molar-refractivity contribution in [1.29, 1.82) is 0 Å². The highest BCUT2D eigenvalue weighted by Gasteiger charge is 2.28. The van der Waals surface area contributed by atoms with E-state index in [2.05, 4.69) is 29.4 Å². The Morgan fingerprint density at radius 1 is 1.35 bits per heavy atom. The molecule has 31 heavy (non-hydrogen) atoms. The zero-order valence-corrected chi connectivity index (χ0v) is 18.4. The Morgan fingerprint density at radius 2 is 2.13 bits per heavy atom. The van der Waals surface area contributed by atoms with Gasteiger partial charge in [-0.05, 0) is 42.2 Å². The van der Waals surface area contributed by atoms with Crippen LogP contribution < -0.4 is 5.32 Å². The number of hydrogen-bond donors (Lipinski definition) is 1. The van der Waals surface area contributed by atoms with Gasteiger partial charge in [0.2, 0.25) is 0 Å². The molecule has 1 aliphatic carbocycles. The quantitative estimate of drug-likeness (QED) is 0.390. The predicted molar refractivity (Wildman–Crippen MR) is 113 cm³/mol. The van der Waals surface area contributed by atoms with Crippen LogP contribution in [0.15, 0.2) is 34.6 Å². The second-order valence-corrected chi connectivity index (χ2v) is 8.79. The fourth-order valence-corrected chi connectivity index (χ4v) is 4.44. The maximum atomic E-state index is 12.4. The normalized spacial score (nSPS) is 20.8. The molecular weight excluding hydrogens is 422 g/mol. The van der Waals surface area contributed by atoms with Gasteiger partial charge in [0.25, 0.3) is 11.6 Å². The summed E-state index contributed by atoms with van der Waals surface area (Å²) in [5, 5.41) is 22.5. The lowest BCUT2D eigenvalue weighted by atomic mass is 9.78. The first-order valence-electron chi connectivity index (χ1n) is 10.0. The van der Waals surface area contributed by atoms with E-state index < -0.39 is 17.5 Å². The number of ether oxygens (including phenoxy) is 1. The first-order valence-corrected chi connectivity index (χ1v) is 10.8. The van der Waals surface area contributed by atoms with Crippen LogP contribution in [0.3, 0.4) is 0 Å². The van der Waals surface area contributed by atoms with Crippen molar-refractivity contribution in [3.63, 3.8) is 0 Å². The van der Waals surface area contributed by atoms with Crippen molar-refractivity contribution < 1.29 is 19.2 Å². The number of amides is 1. The Morgan fingerprint density at radius 3 is 2.81 bits per heavy atom. The van der Waals surface area contributed by atoms with Crippen molar-refractivity contribution in [2.24, 2.45) is 18.9 Å². The van der Waals surface area contributed by atoms with E-state index >= 15 is 0 Å². The molecule has 1 fully saturated rings. The number of nitrogens with one attached hydrogen (secondary N) is 1. The second kappa shape index (κ2) is 9.90. The average Bonchev–Trinajstić information content (AvgIpc) is 3.14.